The molecule has 1 aromatic carbocycles. The van der Waals surface area contributed by atoms with Gasteiger partial charge in [0.2, 0.25) is 0 Å². The summed E-state index contributed by atoms with van der Waals surface area (Å²) in [4.78, 5) is 12.1. The molecule has 0 amide bonds. The lowest BCUT2D eigenvalue weighted by molar-refractivity contribution is 0.0989. The molecule has 0 saturated carbocycles. The van der Waals surface area contributed by atoms with Crippen molar-refractivity contribution in [3.63, 3.8) is 0 Å². The Morgan fingerprint density at radius 1 is 1.44 bits per heavy atom. The molecule has 0 spiro atoms. The van der Waals surface area contributed by atoms with Crippen molar-refractivity contribution in [3.05, 3.63) is 40.1 Å². The molecule has 0 unspecified atom stereocenters. The minimum Gasteiger partial charge on any atom is -0.294 e. The van der Waals surface area contributed by atoms with E-state index in [2.05, 4.69) is 31.5 Å². The Balaban J connectivity index is 2.14. The summed E-state index contributed by atoms with van der Waals surface area (Å²) in [6.45, 7) is 2.77. The predicted octanol–water partition coefficient (Wildman–Crippen LogP) is 2.27. The van der Waals surface area contributed by atoms with Crippen molar-refractivity contribution in [3.8, 4) is 0 Å². The zero-order valence-corrected chi connectivity index (χ0v) is 11.6. The fraction of sp³-hybridized carbons (Fsp3) is 0.333. The lowest BCUT2D eigenvalue weighted by atomic mass is 10.1. The number of carbonyl (C=O) groups excluding carboxylic acids is 1. The van der Waals surface area contributed by atoms with Crippen molar-refractivity contribution < 1.29 is 4.79 Å². The van der Waals surface area contributed by atoms with Crippen LogP contribution in [0.2, 0.25) is 0 Å². The van der Waals surface area contributed by atoms with E-state index < -0.39 is 0 Å². The van der Waals surface area contributed by atoms with E-state index >= 15 is 0 Å². The SMILES string of the molecule is CCCn1nnnc1CC(=O)c1cccc(Br)c1. The molecule has 0 aliphatic heterocycles. The van der Waals surface area contributed by atoms with Crippen LogP contribution in [-0.2, 0) is 13.0 Å². The molecule has 0 radical (unpaired) electrons. The molecule has 1 heterocycles. The van der Waals surface area contributed by atoms with Crippen molar-refractivity contribution >= 4 is 21.7 Å². The zero-order chi connectivity index (χ0) is 13.0. The minimum absolute atomic E-state index is 0.0171. The summed E-state index contributed by atoms with van der Waals surface area (Å²) >= 11 is 3.35. The van der Waals surface area contributed by atoms with Crippen LogP contribution >= 0.6 is 15.9 Å². The molecule has 0 N–H and O–H groups in total. The van der Waals surface area contributed by atoms with Crippen LogP contribution in [0, 0.1) is 0 Å². The second-order valence-corrected chi connectivity index (χ2v) is 4.84. The van der Waals surface area contributed by atoms with Crippen molar-refractivity contribution in [2.45, 2.75) is 26.3 Å². The molecule has 0 fully saturated rings. The van der Waals surface area contributed by atoms with Crippen LogP contribution in [0.25, 0.3) is 0 Å². The number of aromatic nitrogens is 4. The van der Waals surface area contributed by atoms with Crippen LogP contribution in [-0.4, -0.2) is 26.0 Å². The minimum atomic E-state index is 0.0171. The largest absolute Gasteiger partial charge is 0.294 e. The van der Waals surface area contributed by atoms with Crippen molar-refractivity contribution in [1.29, 1.82) is 0 Å². The normalized spacial score (nSPS) is 10.6. The first-order valence-corrected chi connectivity index (χ1v) is 6.54. The van der Waals surface area contributed by atoms with Crippen LogP contribution in [0.5, 0.6) is 0 Å². The summed E-state index contributed by atoms with van der Waals surface area (Å²) in [6.07, 6.45) is 1.16. The number of nitrogens with zero attached hydrogens (tertiary/aromatic N) is 4. The summed E-state index contributed by atoms with van der Waals surface area (Å²) in [5, 5.41) is 11.4. The number of halogens is 1. The zero-order valence-electron chi connectivity index (χ0n) is 10.0. The van der Waals surface area contributed by atoms with Gasteiger partial charge >= 0.3 is 0 Å². The average molecular weight is 309 g/mol. The highest BCUT2D eigenvalue weighted by atomic mass is 79.9. The fourth-order valence-electron chi connectivity index (χ4n) is 1.64. The third kappa shape index (κ3) is 3.01. The Bertz CT molecular complexity index is 553. The van der Waals surface area contributed by atoms with Gasteiger partial charge in [0.1, 0.15) is 0 Å². The van der Waals surface area contributed by atoms with Gasteiger partial charge in [-0.25, -0.2) is 4.68 Å². The lowest BCUT2D eigenvalue weighted by Gasteiger charge is -2.03. The number of hydrogen-bond acceptors (Lipinski definition) is 4. The summed E-state index contributed by atoms with van der Waals surface area (Å²) in [5.41, 5.74) is 0.662. The first kappa shape index (κ1) is 12.9. The Hall–Kier alpha value is -1.56. The molecule has 1 aromatic heterocycles. The Kier molecular flexibility index (Phi) is 4.19. The van der Waals surface area contributed by atoms with Gasteiger partial charge in [0.05, 0.1) is 6.42 Å². The Labute approximate surface area is 113 Å². The number of aryl methyl sites for hydroxylation is 1. The summed E-state index contributed by atoms with van der Waals surface area (Å²) in [5.74, 6) is 0.630. The van der Waals surface area contributed by atoms with Crippen LogP contribution in [0.1, 0.15) is 29.5 Å². The highest BCUT2D eigenvalue weighted by Crippen LogP contribution is 2.13. The van der Waals surface area contributed by atoms with Crippen LogP contribution in [0.4, 0.5) is 0 Å². The van der Waals surface area contributed by atoms with E-state index in [4.69, 9.17) is 0 Å². The van der Waals surface area contributed by atoms with E-state index in [1.54, 1.807) is 16.8 Å². The number of tetrazole rings is 1. The van der Waals surface area contributed by atoms with Crippen molar-refractivity contribution in [2.75, 3.05) is 0 Å². The summed E-state index contributed by atoms with van der Waals surface area (Å²) in [7, 11) is 0. The highest BCUT2D eigenvalue weighted by molar-refractivity contribution is 9.10. The number of carbonyl (C=O) groups is 1. The van der Waals surface area contributed by atoms with E-state index in [0.29, 0.717) is 11.4 Å². The standard InChI is InChI=1S/C12H13BrN4O/c1-2-6-17-12(14-15-16-17)8-11(18)9-4-3-5-10(13)7-9/h3-5,7H,2,6,8H2,1H3. The molecule has 0 saturated heterocycles. The second-order valence-electron chi connectivity index (χ2n) is 3.93. The van der Waals surface area contributed by atoms with Gasteiger partial charge in [-0.1, -0.05) is 35.0 Å². The Morgan fingerprint density at radius 2 is 2.28 bits per heavy atom. The first-order chi connectivity index (χ1) is 8.70. The summed E-state index contributed by atoms with van der Waals surface area (Å²) in [6, 6.07) is 7.32. The number of rotatable bonds is 5. The van der Waals surface area contributed by atoms with E-state index in [0.717, 1.165) is 17.4 Å². The molecular weight excluding hydrogens is 296 g/mol. The number of benzene rings is 1. The van der Waals surface area contributed by atoms with Gasteiger partial charge in [0.15, 0.2) is 11.6 Å². The van der Waals surface area contributed by atoms with E-state index in [-0.39, 0.29) is 12.2 Å². The maximum atomic E-state index is 12.1. The molecule has 0 aliphatic carbocycles. The van der Waals surface area contributed by atoms with Gasteiger partial charge in [-0.2, -0.15) is 0 Å². The molecular formula is C12H13BrN4O. The fourth-order valence-corrected chi connectivity index (χ4v) is 2.04. The highest BCUT2D eigenvalue weighted by Gasteiger charge is 2.13. The maximum absolute atomic E-state index is 12.1. The van der Waals surface area contributed by atoms with Crippen molar-refractivity contribution in [1.82, 2.24) is 20.2 Å². The molecule has 18 heavy (non-hydrogen) atoms. The van der Waals surface area contributed by atoms with E-state index in [9.17, 15) is 4.79 Å². The van der Waals surface area contributed by atoms with Crippen molar-refractivity contribution in [2.24, 2.45) is 0 Å². The Morgan fingerprint density at radius 3 is 3.00 bits per heavy atom. The van der Waals surface area contributed by atoms with Gasteiger partial charge in [-0.05, 0) is 29.0 Å². The van der Waals surface area contributed by atoms with Gasteiger partial charge < -0.3 is 0 Å². The third-order valence-corrected chi connectivity index (χ3v) is 3.00. The van der Waals surface area contributed by atoms with Gasteiger partial charge in [0, 0.05) is 16.6 Å². The molecule has 6 heteroatoms. The van der Waals surface area contributed by atoms with E-state index in [1.807, 2.05) is 19.1 Å². The lowest BCUT2D eigenvalue weighted by Crippen LogP contribution is -2.11. The maximum Gasteiger partial charge on any atom is 0.170 e. The summed E-state index contributed by atoms with van der Waals surface area (Å²) < 4.78 is 2.57. The third-order valence-electron chi connectivity index (χ3n) is 2.51. The quantitative estimate of drug-likeness (QED) is 0.795. The number of ketones is 1. The number of hydrogen-bond donors (Lipinski definition) is 0. The van der Waals surface area contributed by atoms with Gasteiger partial charge in [0.25, 0.3) is 0 Å². The molecule has 94 valence electrons. The smallest absolute Gasteiger partial charge is 0.170 e. The molecule has 0 aliphatic rings. The van der Waals surface area contributed by atoms with Crippen LogP contribution in [0.3, 0.4) is 0 Å². The van der Waals surface area contributed by atoms with Gasteiger partial charge in [-0.15, -0.1) is 5.10 Å². The molecule has 0 atom stereocenters. The molecule has 2 aromatic rings. The van der Waals surface area contributed by atoms with E-state index in [1.165, 1.54) is 0 Å². The monoisotopic (exact) mass is 308 g/mol. The predicted molar refractivity (Wildman–Crippen MR) is 70.3 cm³/mol. The first-order valence-electron chi connectivity index (χ1n) is 5.74. The number of Topliss-reactive ketones (excluding diaryl/α,β-unsaturated/α-hetero) is 1. The molecule has 0 bridgehead atoms. The second kappa shape index (κ2) is 5.86. The average Bonchev–Trinajstić information content (AvgIpc) is 2.77. The van der Waals surface area contributed by atoms with Crippen LogP contribution < -0.4 is 0 Å². The topological polar surface area (TPSA) is 60.7 Å². The molecule has 2 rings (SSSR count). The molecule has 5 nitrogen and oxygen atoms in total. The van der Waals surface area contributed by atoms with Gasteiger partial charge in [-0.3, -0.25) is 4.79 Å². The van der Waals surface area contributed by atoms with Crippen LogP contribution in [0.15, 0.2) is 28.7 Å².